The van der Waals surface area contributed by atoms with Gasteiger partial charge in [-0.1, -0.05) is 0 Å². The third kappa shape index (κ3) is 5.85. The topological polar surface area (TPSA) is 165 Å². The minimum atomic E-state index is -4.67. The van der Waals surface area contributed by atoms with E-state index in [1.807, 2.05) is 0 Å². The highest BCUT2D eigenvalue weighted by atomic mass is 32.3. The highest BCUT2D eigenvalue weighted by Gasteiger charge is 2.27. The van der Waals surface area contributed by atoms with Gasteiger partial charge >= 0.3 is 16.1 Å². The van der Waals surface area contributed by atoms with Crippen LogP contribution in [0.1, 0.15) is 6.23 Å². The van der Waals surface area contributed by atoms with Crippen LogP contribution in [0.3, 0.4) is 0 Å². The Bertz CT molecular complexity index is 594. The maximum absolute atomic E-state index is 11.4. The summed E-state index contributed by atoms with van der Waals surface area (Å²) < 4.78 is 38.4. The van der Waals surface area contributed by atoms with Crippen LogP contribution in [0.5, 0.6) is 0 Å². The van der Waals surface area contributed by atoms with Crippen molar-refractivity contribution >= 4 is 28.0 Å². The minimum absolute atomic E-state index is 0.0572. The van der Waals surface area contributed by atoms with Crippen molar-refractivity contribution in [3.05, 3.63) is 22.7 Å². The zero-order valence-corrected chi connectivity index (χ0v) is 11.6. The number of rotatable bonds is 2. The first-order valence-electron chi connectivity index (χ1n) is 5.13. The Morgan fingerprint density at radius 2 is 2.15 bits per heavy atom. The van der Waals surface area contributed by atoms with Gasteiger partial charge in [0.05, 0.1) is 6.61 Å². The molecular weight excluding hydrogens is 314 g/mol. The predicted molar refractivity (Wildman–Crippen MR) is 70.5 cm³/mol. The third-order valence-corrected chi connectivity index (χ3v) is 3.15. The summed E-state index contributed by atoms with van der Waals surface area (Å²) >= 11 is 1.47. The van der Waals surface area contributed by atoms with E-state index < -0.39 is 16.1 Å². The summed E-state index contributed by atoms with van der Waals surface area (Å²) in [6.07, 6.45) is 1.18. The molecule has 114 valence electrons. The molecule has 0 bridgehead atoms. The molecule has 0 aliphatic carbocycles. The molecule has 10 nitrogen and oxygen atoms in total. The quantitative estimate of drug-likeness (QED) is 0.482. The van der Waals surface area contributed by atoms with Gasteiger partial charge in [-0.25, -0.2) is 4.79 Å². The summed E-state index contributed by atoms with van der Waals surface area (Å²) in [6, 6.07) is 1.54. The fourth-order valence-corrected chi connectivity index (χ4v) is 2.26. The first-order chi connectivity index (χ1) is 9.20. The molecule has 2 rings (SSSR count). The number of hydrogen-bond donors (Lipinski definition) is 4. The van der Waals surface area contributed by atoms with Gasteiger partial charge in [0.1, 0.15) is 17.5 Å². The van der Waals surface area contributed by atoms with E-state index in [-0.39, 0.29) is 24.1 Å². The van der Waals surface area contributed by atoms with Crippen molar-refractivity contribution in [3.63, 3.8) is 0 Å². The highest BCUT2D eigenvalue weighted by Crippen LogP contribution is 2.30. The van der Waals surface area contributed by atoms with Gasteiger partial charge in [0.15, 0.2) is 0 Å². The smallest absolute Gasteiger partial charge is 0.393 e. The first kappa shape index (κ1) is 16.9. The molecule has 2 heterocycles. The Balaban J connectivity index is 0.000000347. The highest BCUT2D eigenvalue weighted by molar-refractivity contribution is 8.00. The van der Waals surface area contributed by atoms with Gasteiger partial charge in [0.25, 0.3) is 0 Å². The predicted octanol–water partition coefficient (Wildman–Crippen LogP) is -1.25. The molecule has 12 heteroatoms. The fourth-order valence-electron chi connectivity index (χ4n) is 1.33. The van der Waals surface area contributed by atoms with Gasteiger partial charge < -0.3 is 15.6 Å². The molecule has 0 spiro atoms. The number of nitrogen functional groups attached to an aromatic ring is 1. The third-order valence-electron chi connectivity index (χ3n) is 2.04. The fraction of sp³-hybridized carbons (Fsp3) is 0.500. The Kier molecular flexibility index (Phi) is 5.91. The van der Waals surface area contributed by atoms with E-state index in [2.05, 4.69) is 4.98 Å². The van der Waals surface area contributed by atoms with Gasteiger partial charge in [-0.2, -0.15) is 13.4 Å². The van der Waals surface area contributed by atoms with Crippen molar-refractivity contribution in [1.29, 1.82) is 0 Å². The van der Waals surface area contributed by atoms with E-state index in [1.54, 1.807) is 12.3 Å². The van der Waals surface area contributed by atoms with Crippen molar-refractivity contribution in [1.82, 2.24) is 9.55 Å². The average molecular weight is 327 g/mol. The lowest BCUT2D eigenvalue weighted by atomic mass is 10.5. The van der Waals surface area contributed by atoms with Crippen LogP contribution in [0.25, 0.3) is 0 Å². The van der Waals surface area contributed by atoms with Gasteiger partial charge in [-0.05, 0) is 6.07 Å². The molecule has 1 fully saturated rings. The maximum Gasteiger partial charge on any atom is 0.394 e. The first-order valence-corrected chi connectivity index (χ1v) is 7.57. The van der Waals surface area contributed by atoms with Crippen LogP contribution >= 0.6 is 11.8 Å². The molecule has 0 amide bonds. The summed E-state index contributed by atoms with van der Waals surface area (Å²) in [5.41, 5.74) is 4.67. The second kappa shape index (κ2) is 7.01. The Morgan fingerprint density at radius 3 is 2.60 bits per heavy atom. The van der Waals surface area contributed by atoms with E-state index >= 15 is 0 Å². The van der Waals surface area contributed by atoms with E-state index in [4.69, 9.17) is 33.1 Å². The number of thioether (sulfide) groups is 1. The molecule has 0 saturated carbocycles. The van der Waals surface area contributed by atoms with Crippen LogP contribution in [-0.4, -0.2) is 50.0 Å². The number of hydrogen-bond acceptors (Lipinski definition) is 8. The van der Waals surface area contributed by atoms with Crippen LogP contribution in [0, 0.1) is 0 Å². The van der Waals surface area contributed by atoms with Crippen LogP contribution in [0.4, 0.5) is 5.82 Å². The standard InChI is InChI=1S/C8H11N3O3S.H2O4S/c9-5-1-2-11(8(13)10-5)6-4-15-7(3-12)14-6;1-5(2,3)4/h1-2,6-7,12H,3-4H2,(H2,9,10,13);(H2,1,2,3,4)/t6-,7+;/m1./s1. The van der Waals surface area contributed by atoms with E-state index in [0.717, 1.165) is 0 Å². The summed E-state index contributed by atoms with van der Waals surface area (Å²) in [5.74, 6) is 0.817. The zero-order valence-electron chi connectivity index (χ0n) is 9.99. The molecule has 1 aromatic rings. The summed E-state index contributed by atoms with van der Waals surface area (Å²) in [4.78, 5) is 15.0. The van der Waals surface area contributed by atoms with E-state index in [0.29, 0.717) is 5.75 Å². The minimum Gasteiger partial charge on any atom is -0.393 e. The molecule has 1 aromatic heterocycles. The number of aliphatic hydroxyl groups is 1. The molecule has 1 aliphatic heterocycles. The monoisotopic (exact) mass is 327 g/mol. The number of aliphatic hydroxyl groups excluding tert-OH is 1. The van der Waals surface area contributed by atoms with Crippen molar-refractivity contribution in [2.45, 2.75) is 11.7 Å². The number of nitrogens with two attached hydrogens (primary N) is 1. The van der Waals surface area contributed by atoms with Crippen molar-refractivity contribution in [3.8, 4) is 0 Å². The Morgan fingerprint density at radius 1 is 1.55 bits per heavy atom. The Labute approximate surface area is 118 Å². The lowest BCUT2D eigenvalue weighted by Gasteiger charge is -2.13. The Hall–Kier alpha value is -1.18. The summed E-state index contributed by atoms with van der Waals surface area (Å²) in [6.45, 7) is -0.0572. The number of anilines is 1. The van der Waals surface area contributed by atoms with Crippen LogP contribution in [0.15, 0.2) is 17.1 Å². The summed E-state index contributed by atoms with van der Waals surface area (Å²) in [5, 5.41) is 8.88. The molecule has 0 unspecified atom stereocenters. The van der Waals surface area contributed by atoms with Gasteiger partial charge in [0, 0.05) is 11.9 Å². The second-order valence-corrected chi connectivity index (χ2v) is 5.61. The van der Waals surface area contributed by atoms with Gasteiger partial charge in [-0.15, -0.1) is 11.8 Å². The molecule has 1 aliphatic rings. The molecule has 5 N–H and O–H groups in total. The van der Waals surface area contributed by atoms with Crippen molar-refractivity contribution in [2.75, 3.05) is 18.1 Å². The SMILES string of the molecule is Nc1ccn([C@H]2CS[C@@H](CO)O2)c(=O)n1.O=S(=O)(O)O. The van der Waals surface area contributed by atoms with Crippen LogP contribution in [0.2, 0.25) is 0 Å². The molecule has 0 aromatic carbocycles. The molecule has 2 atom stereocenters. The number of ether oxygens (including phenoxy) is 1. The van der Waals surface area contributed by atoms with Crippen LogP contribution < -0.4 is 11.4 Å². The van der Waals surface area contributed by atoms with Crippen LogP contribution in [-0.2, 0) is 15.1 Å². The van der Waals surface area contributed by atoms with E-state index in [9.17, 15) is 4.79 Å². The summed E-state index contributed by atoms with van der Waals surface area (Å²) in [7, 11) is -4.67. The number of nitrogens with zero attached hydrogens (tertiary/aromatic N) is 2. The van der Waals surface area contributed by atoms with Crippen molar-refractivity contribution in [2.24, 2.45) is 0 Å². The average Bonchev–Trinajstić information content (AvgIpc) is 2.75. The number of aromatic nitrogens is 2. The molecule has 20 heavy (non-hydrogen) atoms. The normalized spacial score (nSPS) is 22.1. The van der Waals surface area contributed by atoms with Gasteiger partial charge in [-0.3, -0.25) is 13.7 Å². The largest absolute Gasteiger partial charge is 0.394 e. The second-order valence-electron chi connectivity index (χ2n) is 3.53. The van der Waals surface area contributed by atoms with Gasteiger partial charge in [0.2, 0.25) is 0 Å². The van der Waals surface area contributed by atoms with Crippen molar-refractivity contribution < 1.29 is 27.4 Å². The van der Waals surface area contributed by atoms with E-state index in [1.165, 1.54) is 16.3 Å². The maximum atomic E-state index is 11.4. The molecule has 1 saturated heterocycles. The lowest BCUT2D eigenvalue weighted by molar-refractivity contribution is -0.00629. The zero-order chi connectivity index (χ0) is 15.3. The molecular formula is C8H13N3O7S2. The lowest BCUT2D eigenvalue weighted by Crippen LogP contribution is -2.28. The molecule has 0 radical (unpaired) electrons.